The summed E-state index contributed by atoms with van der Waals surface area (Å²) in [4.78, 5) is 24.2. The van der Waals surface area contributed by atoms with Gasteiger partial charge in [0.25, 0.3) is 0 Å². The second-order valence-corrected chi connectivity index (χ2v) is 6.54. The standard InChI is InChI=1S/C21H23N3O3/c1-14(15-8-4-3-5-9-15)23-21(27)20(26)22-12-19(25)17-13-24(2)18-11-7-6-10-16(17)18/h3-11,13-14,19,25H,12H2,1-2H3,(H,22,26)(H,23,27)/t14-,19+/m0/s1. The number of carbonyl (C=O) groups excluding carboxylic acids is 2. The number of hydrogen-bond acceptors (Lipinski definition) is 3. The second-order valence-electron chi connectivity index (χ2n) is 6.54. The molecule has 140 valence electrons. The van der Waals surface area contributed by atoms with Crippen molar-refractivity contribution in [1.82, 2.24) is 15.2 Å². The number of fused-ring (bicyclic) bond motifs is 1. The maximum absolute atomic E-state index is 12.1. The molecule has 6 heteroatoms. The van der Waals surface area contributed by atoms with Gasteiger partial charge in [-0.1, -0.05) is 48.5 Å². The SMILES string of the molecule is C[C@H](NC(=O)C(=O)NC[C@@H](O)c1cn(C)c2ccccc12)c1ccccc1. The molecule has 0 bridgehead atoms. The van der Waals surface area contributed by atoms with Gasteiger partial charge in [0.15, 0.2) is 0 Å². The smallest absolute Gasteiger partial charge is 0.309 e. The molecular formula is C21H23N3O3. The number of aliphatic hydroxyl groups is 1. The fraction of sp³-hybridized carbons (Fsp3) is 0.238. The summed E-state index contributed by atoms with van der Waals surface area (Å²) in [6.07, 6.45) is 0.929. The lowest BCUT2D eigenvalue weighted by atomic mass is 10.1. The van der Waals surface area contributed by atoms with Crippen LogP contribution in [0, 0.1) is 0 Å². The average Bonchev–Trinajstić information content (AvgIpc) is 3.03. The van der Waals surface area contributed by atoms with Gasteiger partial charge < -0.3 is 20.3 Å². The van der Waals surface area contributed by atoms with E-state index in [1.807, 2.05) is 79.3 Å². The third kappa shape index (κ3) is 4.17. The van der Waals surface area contributed by atoms with Crippen LogP contribution in [0.4, 0.5) is 0 Å². The van der Waals surface area contributed by atoms with Crippen LogP contribution in [0.2, 0.25) is 0 Å². The minimum Gasteiger partial charge on any atom is -0.386 e. The van der Waals surface area contributed by atoms with Crippen LogP contribution >= 0.6 is 0 Å². The number of rotatable bonds is 5. The molecule has 0 radical (unpaired) electrons. The third-order valence-corrected chi connectivity index (χ3v) is 4.60. The van der Waals surface area contributed by atoms with Crippen molar-refractivity contribution in [3.8, 4) is 0 Å². The lowest BCUT2D eigenvalue weighted by Crippen LogP contribution is -2.42. The van der Waals surface area contributed by atoms with E-state index < -0.39 is 17.9 Å². The Labute approximate surface area is 157 Å². The van der Waals surface area contributed by atoms with E-state index in [1.54, 1.807) is 0 Å². The van der Waals surface area contributed by atoms with Gasteiger partial charge in [0, 0.05) is 36.3 Å². The summed E-state index contributed by atoms with van der Waals surface area (Å²) < 4.78 is 1.92. The first-order valence-electron chi connectivity index (χ1n) is 8.83. The lowest BCUT2D eigenvalue weighted by Gasteiger charge is -2.15. The monoisotopic (exact) mass is 365 g/mol. The van der Waals surface area contributed by atoms with Crippen LogP contribution in [0.15, 0.2) is 60.8 Å². The predicted molar refractivity (Wildman–Crippen MR) is 104 cm³/mol. The Kier molecular flexibility index (Phi) is 5.57. The molecule has 2 atom stereocenters. The minimum absolute atomic E-state index is 0.0417. The number of benzene rings is 2. The van der Waals surface area contributed by atoms with Gasteiger partial charge in [0.1, 0.15) is 0 Å². The fourth-order valence-electron chi connectivity index (χ4n) is 3.11. The highest BCUT2D eigenvalue weighted by atomic mass is 16.3. The summed E-state index contributed by atoms with van der Waals surface area (Å²) in [5, 5.41) is 16.5. The van der Waals surface area contributed by atoms with E-state index >= 15 is 0 Å². The third-order valence-electron chi connectivity index (χ3n) is 4.60. The number of para-hydroxylation sites is 1. The van der Waals surface area contributed by atoms with Crippen LogP contribution in [0.25, 0.3) is 10.9 Å². The van der Waals surface area contributed by atoms with Gasteiger partial charge in [-0.15, -0.1) is 0 Å². The van der Waals surface area contributed by atoms with E-state index in [4.69, 9.17) is 0 Å². The summed E-state index contributed by atoms with van der Waals surface area (Å²) in [6, 6.07) is 16.8. The molecule has 2 aromatic carbocycles. The van der Waals surface area contributed by atoms with Gasteiger partial charge in [-0.2, -0.15) is 0 Å². The van der Waals surface area contributed by atoms with Crippen LogP contribution in [0.5, 0.6) is 0 Å². The molecule has 27 heavy (non-hydrogen) atoms. The van der Waals surface area contributed by atoms with E-state index in [0.717, 1.165) is 16.5 Å². The van der Waals surface area contributed by atoms with Gasteiger partial charge in [0.05, 0.1) is 12.1 Å². The molecule has 6 nitrogen and oxygen atoms in total. The van der Waals surface area contributed by atoms with Crippen molar-refractivity contribution in [2.75, 3.05) is 6.54 Å². The molecule has 0 saturated carbocycles. The Morgan fingerprint density at radius 1 is 1.04 bits per heavy atom. The molecule has 0 spiro atoms. The number of nitrogens with zero attached hydrogens (tertiary/aromatic N) is 1. The normalized spacial score (nSPS) is 13.1. The maximum atomic E-state index is 12.1. The molecule has 3 N–H and O–H groups in total. The maximum Gasteiger partial charge on any atom is 0.309 e. The molecule has 0 aliphatic rings. The first-order chi connectivity index (χ1) is 13.0. The molecule has 0 unspecified atom stereocenters. The van der Waals surface area contributed by atoms with E-state index in [1.165, 1.54) is 0 Å². The fourth-order valence-corrected chi connectivity index (χ4v) is 3.11. The van der Waals surface area contributed by atoms with Crippen molar-refractivity contribution in [3.05, 3.63) is 71.9 Å². The van der Waals surface area contributed by atoms with Crippen LogP contribution in [-0.4, -0.2) is 28.0 Å². The van der Waals surface area contributed by atoms with Crippen molar-refractivity contribution >= 4 is 22.7 Å². The molecule has 3 rings (SSSR count). The average molecular weight is 365 g/mol. The minimum atomic E-state index is -0.903. The van der Waals surface area contributed by atoms with Crippen molar-refractivity contribution < 1.29 is 14.7 Å². The Balaban J connectivity index is 1.58. The van der Waals surface area contributed by atoms with Gasteiger partial charge in [0.2, 0.25) is 0 Å². The van der Waals surface area contributed by atoms with Crippen LogP contribution < -0.4 is 10.6 Å². The number of aliphatic hydroxyl groups excluding tert-OH is 1. The molecule has 0 aliphatic heterocycles. The topological polar surface area (TPSA) is 83.4 Å². The first-order valence-corrected chi connectivity index (χ1v) is 8.83. The van der Waals surface area contributed by atoms with Crippen molar-refractivity contribution in [1.29, 1.82) is 0 Å². The van der Waals surface area contributed by atoms with Crippen molar-refractivity contribution in [2.45, 2.75) is 19.1 Å². The second kappa shape index (κ2) is 8.05. The van der Waals surface area contributed by atoms with Gasteiger partial charge in [-0.25, -0.2) is 0 Å². The summed E-state index contributed by atoms with van der Waals surface area (Å²) in [5.41, 5.74) is 2.62. The number of carbonyl (C=O) groups is 2. The van der Waals surface area contributed by atoms with E-state index in [0.29, 0.717) is 5.56 Å². The Morgan fingerprint density at radius 3 is 2.44 bits per heavy atom. The van der Waals surface area contributed by atoms with Crippen LogP contribution in [0.3, 0.4) is 0 Å². The molecule has 0 saturated heterocycles. The Bertz CT molecular complexity index is 950. The summed E-state index contributed by atoms with van der Waals surface area (Å²) >= 11 is 0. The highest BCUT2D eigenvalue weighted by molar-refractivity contribution is 6.35. The largest absolute Gasteiger partial charge is 0.386 e. The zero-order valence-electron chi connectivity index (χ0n) is 15.3. The van der Waals surface area contributed by atoms with Gasteiger partial charge >= 0.3 is 11.8 Å². The predicted octanol–water partition coefficient (Wildman–Crippen LogP) is 2.21. The number of aromatic nitrogens is 1. The summed E-state index contributed by atoms with van der Waals surface area (Å²) in [6.45, 7) is 1.77. The highest BCUT2D eigenvalue weighted by Gasteiger charge is 2.20. The molecule has 3 aromatic rings. The number of nitrogens with one attached hydrogen (secondary N) is 2. The summed E-state index contributed by atoms with van der Waals surface area (Å²) in [5.74, 6) is -1.49. The molecule has 1 aromatic heterocycles. The Hall–Kier alpha value is -3.12. The van der Waals surface area contributed by atoms with Gasteiger partial charge in [-0.3, -0.25) is 9.59 Å². The van der Waals surface area contributed by atoms with E-state index in [2.05, 4.69) is 10.6 Å². The number of amides is 2. The first kappa shape index (κ1) is 18.7. The highest BCUT2D eigenvalue weighted by Crippen LogP contribution is 2.25. The molecule has 0 fully saturated rings. The number of hydrogen-bond donors (Lipinski definition) is 3. The molecule has 1 heterocycles. The molecule has 2 amide bonds. The Morgan fingerprint density at radius 2 is 1.70 bits per heavy atom. The molecule has 0 aliphatic carbocycles. The zero-order valence-corrected chi connectivity index (χ0v) is 15.3. The quantitative estimate of drug-likeness (QED) is 0.606. The zero-order chi connectivity index (χ0) is 19.4. The van der Waals surface area contributed by atoms with E-state index in [-0.39, 0.29) is 12.6 Å². The molecular weight excluding hydrogens is 342 g/mol. The van der Waals surface area contributed by atoms with E-state index in [9.17, 15) is 14.7 Å². The van der Waals surface area contributed by atoms with Crippen molar-refractivity contribution in [2.24, 2.45) is 7.05 Å². The van der Waals surface area contributed by atoms with Crippen LogP contribution in [0.1, 0.15) is 30.2 Å². The van der Waals surface area contributed by atoms with Gasteiger partial charge in [-0.05, 0) is 18.6 Å². The number of aryl methyl sites for hydroxylation is 1. The summed E-state index contributed by atoms with van der Waals surface area (Å²) in [7, 11) is 1.90. The lowest BCUT2D eigenvalue weighted by molar-refractivity contribution is -0.139. The van der Waals surface area contributed by atoms with Crippen LogP contribution in [-0.2, 0) is 16.6 Å². The van der Waals surface area contributed by atoms with Crippen molar-refractivity contribution in [3.63, 3.8) is 0 Å².